The van der Waals surface area contributed by atoms with Crippen molar-refractivity contribution >= 4 is 10.8 Å². The summed E-state index contributed by atoms with van der Waals surface area (Å²) >= 11 is 0. The lowest BCUT2D eigenvalue weighted by molar-refractivity contribution is -0.665. The average molecular weight is 345 g/mol. The molecule has 0 saturated heterocycles. The van der Waals surface area contributed by atoms with Gasteiger partial charge in [0.15, 0.2) is 5.69 Å². The second-order valence-electron chi connectivity index (χ2n) is 8.02. The van der Waals surface area contributed by atoms with Crippen LogP contribution in [0.2, 0.25) is 0 Å². The molecule has 134 valence electrons. The molecule has 0 aliphatic heterocycles. The van der Waals surface area contributed by atoms with Gasteiger partial charge >= 0.3 is 0 Å². The Morgan fingerprint density at radius 1 is 0.962 bits per heavy atom. The van der Waals surface area contributed by atoms with Crippen LogP contribution in [0.1, 0.15) is 60.9 Å². The minimum absolute atomic E-state index is 0.766. The highest BCUT2D eigenvalue weighted by atomic mass is 14.9. The van der Waals surface area contributed by atoms with E-state index in [2.05, 4.69) is 74.9 Å². The highest BCUT2D eigenvalue weighted by molar-refractivity contribution is 5.94. The van der Waals surface area contributed by atoms with Crippen LogP contribution in [0.3, 0.4) is 0 Å². The Hall–Kier alpha value is -2.15. The fourth-order valence-corrected chi connectivity index (χ4v) is 4.58. The number of benzene rings is 2. The van der Waals surface area contributed by atoms with Gasteiger partial charge in [-0.05, 0) is 66.3 Å². The van der Waals surface area contributed by atoms with Crippen LogP contribution < -0.4 is 4.57 Å². The van der Waals surface area contributed by atoms with Gasteiger partial charge in [0.2, 0.25) is 5.69 Å². The Labute approximate surface area is 157 Å². The zero-order valence-corrected chi connectivity index (χ0v) is 16.6. The van der Waals surface area contributed by atoms with Crippen molar-refractivity contribution < 1.29 is 4.57 Å². The van der Waals surface area contributed by atoms with Crippen molar-refractivity contribution in [1.82, 2.24) is 0 Å². The average Bonchev–Trinajstić information content (AvgIpc) is 3.18. The van der Waals surface area contributed by atoms with Gasteiger partial charge in [-0.1, -0.05) is 44.0 Å². The summed E-state index contributed by atoms with van der Waals surface area (Å²) in [5, 5.41) is 2.76. The summed E-state index contributed by atoms with van der Waals surface area (Å²) < 4.78 is 2.36. The molecule has 1 saturated carbocycles. The van der Waals surface area contributed by atoms with E-state index in [-0.39, 0.29) is 0 Å². The molecule has 26 heavy (non-hydrogen) atoms. The first-order valence-corrected chi connectivity index (χ1v) is 10.1. The molecule has 0 unspecified atom stereocenters. The van der Waals surface area contributed by atoms with Crippen molar-refractivity contribution in [3.63, 3.8) is 0 Å². The number of hydrogen-bond donors (Lipinski definition) is 0. The van der Waals surface area contributed by atoms with Crippen LogP contribution in [0.25, 0.3) is 22.0 Å². The van der Waals surface area contributed by atoms with Gasteiger partial charge in [-0.25, -0.2) is 0 Å². The molecule has 2 aromatic carbocycles. The van der Waals surface area contributed by atoms with Gasteiger partial charge < -0.3 is 0 Å². The minimum atomic E-state index is 0.766. The molecule has 1 aliphatic rings. The van der Waals surface area contributed by atoms with E-state index < -0.39 is 0 Å². The molecule has 0 radical (unpaired) electrons. The van der Waals surface area contributed by atoms with Gasteiger partial charge in [-0.15, -0.1) is 0 Å². The summed E-state index contributed by atoms with van der Waals surface area (Å²) in [5.74, 6) is 0.766. The van der Waals surface area contributed by atoms with Crippen molar-refractivity contribution in [3.05, 3.63) is 64.8 Å². The number of aromatic nitrogens is 1. The molecule has 1 aliphatic carbocycles. The third-order valence-corrected chi connectivity index (χ3v) is 6.35. The number of pyridine rings is 1. The number of rotatable bonds is 3. The van der Waals surface area contributed by atoms with Gasteiger partial charge in [0.25, 0.3) is 0 Å². The number of nitrogens with zero attached hydrogens (tertiary/aromatic N) is 1. The summed E-state index contributed by atoms with van der Waals surface area (Å²) in [4.78, 5) is 0. The third kappa shape index (κ3) is 2.94. The maximum absolute atomic E-state index is 2.46. The van der Waals surface area contributed by atoms with E-state index >= 15 is 0 Å². The van der Waals surface area contributed by atoms with Gasteiger partial charge in [0.1, 0.15) is 7.05 Å². The van der Waals surface area contributed by atoms with E-state index in [4.69, 9.17) is 0 Å². The van der Waals surface area contributed by atoms with Crippen LogP contribution in [-0.2, 0) is 13.5 Å². The van der Waals surface area contributed by atoms with E-state index in [1.54, 1.807) is 0 Å². The van der Waals surface area contributed by atoms with Gasteiger partial charge in [0, 0.05) is 18.6 Å². The molecule has 0 atom stereocenters. The molecule has 0 spiro atoms. The van der Waals surface area contributed by atoms with Crippen molar-refractivity contribution in [2.24, 2.45) is 7.05 Å². The lowest BCUT2D eigenvalue weighted by Crippen LogP contribution is -2.35. The molecule has 0 N–H and O–H groups in total. The van der Waals surface area contributed by atoms with Crippen LogP contribution in [0.15, 0.2) is 42.5 Å². The molecule has 0 bridgehead atoms. The molecule has 1 heterocycles. The largest absolute Gasteiger partial charge is 0.220 e. The van der Waals surface area contributed by atoms with E-state index in [9.17, 15) is 0 Å². The lowest BCUT2D eigenvalue weighted by atomic mass is 9.92. The predicted molar refractivity (Wildman–Crippen MR) is 111 cm³/mol. The zero-order chi connectivity index (χ0) is 18.3. The molecule has 1 fully saturated rings. The molecule has 3 aromatic rings. The highest BCUT2D eigenvalue weighted by Crippen LogP contribution is 2.37. The first-order valence-electron chi connectivity index (χ1n) is 10.1. The van der Waals surface area contributed by atoms with Crippen molar-refractivity contribution in [2.45, 2.75) is 58.8 Å². The Morgan fingerprint density at radius 2 is 1.73 bits per heavy atom. The Bertz CT molecular complexity index is 962. The van der Waals surface area contributed by atoms with Crippen LogP contribution in [0.5, 0.6) is 0 Å². The third-order valence-electron chi connectivity index (χ3n) is 6.35. The first kappa shape index (κ1) is 17.3. The number of aryl methyl sites for hydroxylation is 3. The zero-order valence-electron chi connectivity index (χ0n) is 16.6. The Morgan fingerprint density at radius 3 is 2.46 bits per heavy atom. The van der Waals surface area contributed by atoms with E-state index in [1.807, 2.05) is 0 Å². The topological polar surface area (TPSA) is 3.88 Å². The monoisotopic (exact) mass is 344 g/mol. The van der Waals surface area contributed by atoms with Crippen LogP contribution in [-0.4, -0.2) is 0 Å². The normalized spacial score (nSPS) is 15.1. The summed E-state index contributed by atoms with van der Waals surface area (Å²) in [6.45, 7) is 6.69. The van der Waals surface area contributed by atoms with Crippen molar-refractivity contribution in [2.75, 3.05) is 0 Å². The highest BCUT2D eigenvalue weighted by Gasteiger charge is 2.22. The van der Waals surface area contributed by atoms with Crippen molar-refractivity contribution in [3.8, 4) is 11.3 Å². The molecule has 4 rings (SSSR count). The molecule has 1 heteroatoms. The van der Waals surface area contributed by atoms with Crippen molar-refractivity contribution in [1.29, 1.82) is 0 Å². The standard InChI is InChI=1S/C25H30N/c1-5-19-11-10-17(2)24(15-19)25-23-13-12-21(20-8-6-7-9-20)16-22(23)14-18(3)26(25)4/h10-16,20H,5-9H2,1-4H3/q+1. The smallest absolute Gasteiger partial charge is 0.198 e. The summed E-state index contributed by atoms with van der Waals surface area (Å²) in [6.07, 6.45) is 6.57. The van der Waals surface area contributed by atoms with Gasteiger partial charge in [-0.3, -0.25) is 0 Å². The molecule has 1 nitrogen and oxygen atoms in total. The molecular formula is C25H30N+. The maximum atomic E-state index is 2.46. The number of hydrogen-bond acceptors (Lipinski definition) is 0. The van der Waals surface area contributed by atoms with E-state index in [0.29, 0.717) is 0 Å². The van der Waals surface area contributed by atoms with Gasteiger partial charge in [0.05, 0.1) is 5.39 Å². The minimum Gasteiger partial charge on any atom is -0.198 e. The van der Waals surface area contributed by atoms with Crippen LogP contribution >= 0.6 is 0 Å². The lowest BCUT2D eigenvalue weighted by Gasteiger charge is -2.14. The van der Waals surface area contributed by atoms with Crippen LogP contribution in [0, 0.1) is 13.8 Å². The SMILES string of the molecule is CCc1ccc(C)c(-c2c3ccc(C4CCCC4)cc3cc(C)[n+]2C)c1. The van der Waals surface area contributed by atoms with Gasteiger partial charge in [-0.2, -0.15) is 4.57 Å². The summed E-state index contributed by atoms with van der Waals surface area (Å²) in [5.41, 5.74) is 8.33. The Balaban J connectivity index is 1.95. The van der Waals surface area contributed by atoms with Crippen LogP contribution in [0.4, 0.5) is 0 Å². The second kappa shape index (κ2) is 6.87. The Kier molecular flexibility index (Phi) is 4.56. The van der Waals surface area contributed by atoms with E-state index in [0.717, 1.165) is 12.3 Å². The predicted octanol–water partition coefficient (Wildman–Crippen LogP) is 6.17. The number of fused-ring (bicyclic) bond motifs is 1. The first-order chi connectivity index (χ1) is 12.6. The fourth-order valence-electron chi connectivity index (χ4n) is 4.58. The second-order valence-corrected chi connectivity index (χ2v) is 8.02. The summed E-state index contributed by atoms with van der Waals surface area (Å²) in [6, 6.07) is 16.5. The maximum Gasteiger partial charge on any atom is 0.220 e. The summed E-state index contributed by atoms with van der Waals surface area (Å²) in [7, 11) is 2.20. The molecular weight excluding hydrogens is 314 g/mol. The van der Waals surface area contributed by atoms with E-state index in [1.165, 1.54) is 70.1 Å². The quantitative estimate of drug-likeness (QED) is 0.500. The molecule has 0 amide bonds. The molecule has 1 aromatic heterocycles. The fraction of sp³-hybridized carbons (Fsp3) is 0.400.